The Labute approximate surface area is 578 Å². The Balaban J connectivity index is 0.0000000933. The van der Waals surface area contributed by atoms with Crippen LogP contribution in [0.3, 0.4) is 0 Å². The van der Waals surface area contributed by atoms with Gasteiger partial charge in [0.05, 0.1) is 22.4 Å². The zero-order chi connectivity index (χ0) is 67.9. The SMILES string of the molecule is CC1=C(C)c2c(cc3ccccn23)C1.CC1=C(C)c2c(cc3ccccn23)C1.CC1=C(C)c2c(cn3ccccc23)C1.CC1=C(C)c2c(cn3ccccc23)C1.CC1=C(C)c2cc3ccccn3c2C1.CC1=C(C)c2cc3ccccn3c2C1.CC1=C(C)c2cn3ccccc3c2C1. The monoisotopic (exact) mass is 1280 g/mol. The Bertz CT molecular complexity index is 5140. The molecular weight excluding hydrogens is 1190 g/mol. The summed E-state index contributed by atoms with van der Waals surface area (Å²) in [6, 6.07) is 53.7. The van der Waals surface area contributed by atoms with E-state index in [1.807, 2.05) is 0 Å². The van der Waals surface area contributed by atoms with Gasteiger partial charge in [0.1, 0.15) is 0 Å². The van der Waals surface area contributed by atoms with E-state index in [2.05, 4.69) is 341 Å². The molecule has 0 radical (unpaired) electrons. The summed E-state index contributed by atoms with van der Waals surface area (Å²) in [7, 11) is 0. The van der Waals surface area contributed by atoms with Crippen LogP contribution >= 0.6 is 0 Å². The molecule has 490 valence electrons. The molecule has 0 saturated carbocycles. The number of hydrogen-bond donors (Lipinski definition) is 0. The molecule has 0 unspecified atom stereocenters. The molecule has 7 nitrogen and oxygen atoms in total. The van der Waals surface area contributed by atoms with Gasteiger partial charge in [0.2, 0.25) is 0 Å². The predicted molar refractivity (Wildman–Crippen MR) is 416 cm³/mol. The fourth-order valence-corrected chi connectivity index (χ4v) is 16.4. The van der Waals surface area contributed by atoms with Crippen LogP contribution in [0, 0.1) is 0 Å². The molecule has 7 aliphatic rings. The van der Waals surface area contributed by atoms with Crippen LogP contribution in [0.25, 0.3) is 77.6 Å². The first kappa shape index (κ1) is 63.5. The van der Waals surface area contributed by atoms with Crippen LogP contribution in [0.5, 0.6) is 0 Å². The van der Waals surface area contributed by atoms with Gasteiger partial charge in [-0.1, -0.05) is 81.5 Å². The smallest absolute Gasteiger partial charge is 0.0527 e. The Kier molecular flexibility index (Phi) is 16.5. The lowest BCUT2D eigenvalue weighted by Gasteiger charge is -2.01. The van der Waals surface area contributed by atoms with E-state index < -0.39 is 0 Å². The van der Waals surface area contributed by atoms with Gasteiger partial charge in [-0.05, 0) is 322 Å². The summed E-state index contributed by atoms with van der Waals surface area (Å²) in [5.41, 5.74) is 50.5. The van der Waals surface area contributed by atoms with E-state index in [9.17, 15) is 0 Å². The Morgan fingerprint density at radius 3 is 0.990 bits per heavy atom. The third-order valence-electron chi connectivity index (χ3n) is 22.7. The average molecular weight is 1280 g/mol. The summed E-state index contributed by atoms with van der Waals surface area (Å²) in [6.45, 7) is 31.2. The molecular formula is C91H91N7. The minimum atomic E-state index is 1.11. The van der Waals surface area contributed by atoms with Crippen LogP contribution in [-0.2, 0) is 44.9 Å². The fraction of sp³-hybridized carbons (Fsp3) is 0.231. The van der Waals surface area contributed by atoms with Crippen LogP contribution in [-0.4, -0.2) is 30.8 Å². The lowest BCUT2D eigenvalue weighted by atomic mass is 10.1. The third-order valence-corrected chi connectivity index (χ3v) is 22.7. The van der Waals surface area contributed by atoms with Crippen LogP contribution in [0.15, 0.2) is 253 Å². The molecule has 0 bridgehead atoms. The zero-order valence-electron chi connectivity index (χ0n) is 59.8. The van der Waals surface area contributed by atoms with Gasteiger partial charge >= 0.3 is 0 Å². The van der Waals surface area contributed by atoms with Crippen molar-refractivity contribution in [3.05, 3.63) is 331 Å². The average Bonchev–Trinajstić information content (AvgIpc) is 1.69. The molecule has 14 heterocycles. The van der Waals surface area contributed by atoms with Crippen molar-refractivity contribution in [2.75, 3.05) is 0 Å². The highest BCUT2D eigenvalue weighted by Gasteiger charge is 2.26. The van der Waals surface area contributed by atoms with Crippen molar-refractivity contribution in [3.8, 4) is 0 Å². The van der Waals surface area contributed by atoms with Gasteiger partial charge in [0.25, 0.3) is 0 Å². The number of fused-ring (bicyclic) bond motifs is 21. The van der Waals surface area contributed by atoms with Crippen LogP contribution in [0.1, 0.15) is 175 Å². The molecule has 0 aliphatic heterocycles. The van der Waals surface area contributed by atoms with E-state index >= 15 is 0 Å². The largest absolute Gasteiger partial charge is 0.323 e. The molecule has 7 heteroatoms. The van der Waals surface area contributed by atoms with E-state index in [0.717, 1.165) is 44.9 Å². The second kappa shape index (κ2) is 25.5. The topological polar surface area (TPSA) is 30.9 Å². The molecule has 0 amide bonds. The zero-order valence-corrected chi connectivity index (χ0v) is 59.8. The van der Waals surface area contributed by atoms with Gasteiger partial charge < -0.3 is 30.8 Å². The Hall–Kier alpha value is -10.5. The molecule has 14 aromatic rings. The maximum Gasteiger partial charge on any atom is 0.0527 e. The number of pyridine rings is 7. The van der Waals surface area contributed by atoms with E-state index in [0.29, 0.717) is 0 Å². The maximum atomic E-state index is 2.30. The van der Waals surface area contributed by atoms with Crippen molar-refractivity contribution in [1.29, 1.82) is 0 Å². The Morgan fingerprint density at radius 1 is 0.245 bits per heavy atom. The molecule has 0 N–H and O–H groups in total. The standard InChI is InChI=1S/7C13H13N/c1-9-7-11-12(10(9)2)8-14-6-4-3-5-13(11)14;2*1-9-7-11-8-14-6-4-3-5-12(14)13(11)10(9)2;2*1-9-7-11-8-12-5-3-4-6-14(12)13(11)10(9)2;2*1-9-7-13-12(10(9)2)8-11-5-3-4-6-14(11)13/h7*3-6,8H,7H2,1-2H3. The van der Waals surface area contributed by atoms with Crippen molar-refractivity contribution in [2.45, 2.75) is 142 Å². The van der Waals surface area contributed by atoms with Gasteiger partial charge in [-0.3, -0.25) is 0 Å². The van der Waals surface area contributed by atoms with Crippen molar-refractivity contribution in [2.24, 2.45) is 0 Å². The lowest BCUT2D eigenvalue weighted by molar-refractivity contribution is 1.03. The third kappa shape index (κ3) is 11.1. The van der Waals surface area contributed by atoms with Crippen molar-refractivity contribution < 1.29 is 0 Å². The summed E-state index contributed by atoms with van der Waals surface area (Å²) < 4.78 is 15.9. The van der Waals surface area contributed by atoms with E-state index in [1.54, 1.807) is 0 Å². The first-order valence-corrected chi connectivity index (χ1v) is 35.2. The van der Waals surface area contributed by atoms with Crippen LogP contribution in [0.2, 0.25) is 0 Å². The fourth-order valence-electron chi connectivity index (χ4n) is 16.4. The van der Waals surface area contributed by atoms with Crippen molar-refractivity contribution in [3.63, 3.8) is 0 Å². The van der Waals surface area contributed by atoms with E-state index in [1.165, 1.54) is 195 Å². The minimum absolute atomic E-state index is 1.11. The molecule has 0 spiro atoms. The van der Waals surface area contributed by atoms with Gasteiger partial charge in [-0.15, -0.1) is 0 Å². The summed E-state index contributed by atoms with van der Waals surface area (Å²) >= 11 is 0. The first-order valence-electron chi connectivity index (χ1n) is 35.2. The number of allylic oxidation sites excluding steroid dienone is 14. The highest BCUT2D eigenvalue weighted by molar-refractivity contribution is 5.88. The number of rotatable bonds is 0. The van der Waals surface area contributed by atoms with Crippen LogP contribution in [0.4, 0.5) is 0 Å². The van der Waals surface area contributed by atoms with Gasteiger partial charge in [0.15, 0.2) is 0 Å². The molecule has 21 rings (SSSR count). The number of aromatic nitrogens is 7. The van der Waals surface area contributed by atoms with Gasteiger partial charge in [0, 0.05) is 125 Å². The second-order valence-corrected chi connectivity index (χ2v) is 28.7. The van der Waals surface area contributed by atoms with Crippen LogP contribution < -0.4 is 0 Å². The lowest BCUT2D eigenvalue weighted by Crippen LogP contribution is -1.90. The predicted octanol–water partition coefficient (Wildman–Crippen LogP) is 23.0. The molecule has 7 aliphatic carbocycles. The molecule has 0 fully saturated rings. The molecule has 14 aromatic heterocycles. The normalized spacial score (nSPS) is 15.3. The quantitative estimate of drug-likeness (QED) is 0.145. The second-order valence-electron chi connectivity index (χ2n) is 28.7. The summed E-state index contributed by atoms with van der Waals surface area (Å²) in [6.07, 6.45) is 29.6. The highest BCUT2D eigenvalue weighted by atomic mass is 14.9. The first-order chi connectivity index (χ1) is 47.4. The van der Waals surface area contributed by atoms with Crippen molar-refractivity contribution in [1.82, 2.24) is 30.8 Å². The Morgan fingerprint density at radius 2 is 0.561 bits per heavy atom. The van der Waals surface area contributed by atoms with Gasteiger partial charge in [-0.2, -0.15) is 0 Å². The summed E-state index contributed by atoms with van der Waals surface area (Å²) in [5.74, 6) is 0. The molecule has 98 heavy (non-hydrogen) atoms. The highest BCUT2D eigenvalue weighted by Crippen LogP contribution is 2.41. The number of nitrogens with zero attached hydrogens (tertiary/aromatic N) is 7. The van der Waals surface area contributed by atoms with E-state index in [-0.39, 0.29) is 0 Å². The van der Waals surface area contributed by atoms with E-state index in [4.69, 9.17) is 0 Å². The molecule has 0 saturated heterocycles. The number of hydrogen-bond acceptors (Lipinski definition) is 0. The summed E-state index contributed by atoms with van der Waals surface area (Å²) in [5, 5.41) is 0. The summed E-state index contributed by atoms with van der Waals surface area (Å²) in [4.78, 5) is 0. The van der Waals surface area contributed by atoms with Crippen molar-refractivity contribution >= 4 is 77.6 Å². The molecule has 0 atom stereocenters. The van der Waals surface area contributed by atoms with Gasteiger partial charge in [-0.25, -0.2) is 0 Å². The maximum absolute atomic E-state index is 2.30. The minimum Gasteiger partial charge on any atom is -0.323 e. The molecule has 0 aromatic carbocycles.